The van der Waals surface area contributed by atoms with Crippen LogP contribution in [-0.2, 0) is 9.53 Å². The summed E-state index contributed by atoms with van der Waals surface area (Å²) in [7, 11) is 1.25. The number of methoxy groups -OCH3 is 1. The van der Waals surface area contributed by atoms with Gasteiger partial charge in [-0.3, -0.25) is 0 Å². The summed E-state index contributed by atoms with van der Waals surface area (Å²) in [4.78, 5) is 11.1. The van der Waals surface area contributed by atoms with Gasteiger partial charge in [-0.2, -0.15) is 0 Å². The average Bonchev–Trinajstić information content (AvgIpc) is 2.25. The molecule has 0 radical (unpaired) electrons. The van der Waals surface area contributed by atoms with Gasteiger partial charge >= 0.3 is 5.97 Å². The molecule has 0 bridgehead atoms. The van der Waals surface area contributed by atoms with Gasteiger partial charge in [-0.05, 0) is 25.8 Å². The normalized spacial score (nSPS) is 16.7. The minimum absolute atomic E-state index is 0.0625. The van der Waals surface area contributed by atoms with E-state index in [2.05, 4.69) is 4.74 Å². The zero-order chi connectivity index (χ0) is 12.0. The van der Waals surface area contributed by atoms with E-state index in [1.807, 2.05) is 0 Å². The van der Waals surface area contributed by atoms with Crippen LogP contribution in [0.4, 0.5) is 0 Å². The molecular weight excluding hydrogens is 200 g/mol. The van der Waals surface area contributed by atoms with Crippen LogP contribution in [0.15, 0.2) is 11.1 Å². The topological polar surface area (TPSA) is 87.0 Å². The first kappa shape index (κ1) is 14.1. The minimum Gasteiger partial charge on any atom is -0.466 e. The maximum Gasteiger partial charge on any atom is 0.333 e. The molecule has 0 fully saturated rings. The molecule has 0 aromatic carbocycles. The van der Waals surface area contributed by atoms with Gasteiger partial charge in [-0.25, -0.2) is 4.79 Å². The maximum atomic E-state index is 11.1. The van der Waals surface area contributed by atoms with Gasteiger partial charge in [0.1, 0.15) is 6.10 Å². The summed E-state index contributed by atoms with van der Waals surface area (Å²) in [5.41, 5.74) is 0.616. The van der Waals surface area contributed by atoms with Crippen LogP contribution in [0.3, 0.4) is 0 Å². The van der Waals surface area contributed by atoms with Crippen molar-refractivity contribution in [1.82, 2.24) is 0 Å². The Morgan fingerprint density at radius 2 is 1.87 bits per heavy atom. The predicted molar refractivity (Wildman–Crippen MR) is 54.1 cm³/mol. The van der Waals surface area contributed by atoms with E-state index in [0.717, 1.165) is 0 Å². The van der Waals surface area contributed by atoms with Crippen molar-refractivity contribution < 1.29 is 24.9 Å². The second kappa shape index (κ2) is 6.55. The molecule has 0 aliphatic rings. The fourth-order valence-electron chi connectivity index (χ4n) is 1.11. The number of carbonyl (C=O) groups excluding carboxylic acids is 1. The van der Waals surface area contributed by atoms with E-state index in [0.29, 0.717) is 5.57 Å². The fourth-order valence-corrected chi connectivity index (χ4v) is 1.11. The van der Waals surface area contributed by atoms with Gasteiger partial charge in [-0.1, -0.05) is 0 Å². The zero-order valence-electron chi connectivity index (χ0n) is 9.23. The van der Waals surface area contributed by atoms with Gasteiger partial charge < -0.3 is 20.1 Å². The summed E-state index contributed by atoms with van der Waals surface area (Å²) in [6, 6.07) is 0. The molecule has 2 atom stereocenters. The first-order valence-corrected chi connectivity index (χ1v) is 4.68. The third kappa shape index (κ3) is 3.99. The summed E-state index contributed by atoms with van der Waals surface area (Å²) in [6.45, 7) is 2.83. The lowest BCUT2D eigenvalue weighted by Crippen LogP contribution is -2.29. The van der Waals surface area contributed by atoms with Gasteiger partial charge in [0.2, 0.25) is 0 Å². The van der Waals surface area contributed by atoms with Gasteiger partial charge in [0, 0.05) is 12.2 Å². The number of esters is 1. The molecule has 3 N–H and O–H groups in total. The van der Waals surface area contributed by atoms with Gasteiger partial charge in [0.05, 0.1) is 13.2 Å². The van der Waals surface area contributed by atoms with E-state index in [1.165, 1.54) is 21.0 Å². The van der Waals surface area contributed by atoms with Crippen molar-refractivity contribution in [3.63, 3.8) is 0 Å². The number of rotatable bonds is 5. The lowest BCUT2D eigenvalue weighted by atomic mass is 9.99. The fraction of sp³-hybridized carbons (Fsp3) is 0.700. The van der Waals surface area contributed by atoms with E-state index in [9.17, 15) is 15.0 Å². The van der Waals surface area contributed by atoms with Crippen LogP contribution in [-0.4, -0.2) is 47.2 Å². The second-order valence-electron chi connectivity index (χ2n) is 3.32. The van der Waals surface area contributed by atoms with Crippen molar-refractivity contribution in [2.75, 3.05) is 13.7 Å². The molecule has 15 heavy (non-hydrogen) atoms. The van der Waals surface area contributed by atoms with Crippen molar-refractivity contribution >= 4 is 5.97 Å². The number of aliphatic hydroxyl groups excluding tert-OH is 3. The summed E-state index contributed by atoms with van der Waals surface area (Å²) in [6.07, 6.45) is -2.17. The molecule has 5 heteroatoms. The number of hydrogen-bond acceptors (Lipinski definition) is 5. The Morgan fingerprint density at radius 1 is 1.33 bits per heavy atom. The number of ether oxygens (including phenoxy) is 1. The highest BCUT2D eigenvalue weighted by Gasteiger charge is 2.21. The molecule has 0 aliphatic carbocycles. The quantitative estimate of drug-likeness (QED) is 0.432. The van der Waals surface area contributed by atoms with Gasteiger partial charge in [0.15, 0.2) is 0 Å². The van der Waals surface area contributed by atoms with Crippen LogP contribution in [0, 0.1) is 0 Å². The molecule has 0 saturated heterocycles. The van der Waals surface area contributed by atoms with Crippen molar-refractivity contribution in [2.24, 2.45) is 0 Å². The molecule has 0 spiro atoms. The molecule has 2 unspecified atom stereocenters. The molecule has 5 nitrogen and oxygen atoms in total. The molecule has 0 heterocycles. The highest BCUT2D eigenvalue weighted by atomic mass is 16.5. The van der Waals surface area contributed by atoms with Crippen LogP contribution in [0.5, 0.6) is 0 Å². The third-order valence-corrected chi connectivity index (χ3v) is 2.32. The second-order valence-corrected chi connectivity index (χ2v) is 3.32. The van der Waals surface area contributed by atoms with Crippen LogP contribution >= 0.6 is 0 Å². The molecule has 0 aromatic rings. The van der Waals surface area contributed by atoms with Crippen LogP contribution in [0.1, 0.15) is 20.3 Å². The average molecular weight is 218 g/mol. The van der Waals surface area contributed by atoms with Crippen LogP contribution in [0.25, 0.3) is 0 Å². The van der Waals surface area contributed by atoms with E-state index in [-0.39, 0.29) is 18.6 Å². The van der Waals surface area contributed by atoms with Crippen molar-refractivity contribution in [2.45, 2.75) is 32.5 Å². The lowest BCUT2D eigenvalue weighted by Gasteiger charge is -2.19. The first-order valence-electron chi connectivity index (χ1n) is 4.68. The maximum absolute atomic E-state index is 11.1. The number of hydrogen-bond donors (Lipinski definition) is 3. The molecule has 0 amide bonds. The van der Waals surface area contributed by atoms with Gasteiger partial charge in [0.25, 0.3) is 0 Å². The first-order chi connectivity index (χ1) is 6.95. The van der Waals surface area contributed by atoms with Crippen molar-refractivity contribution in [3.8, 4) is 0 Å². The van der Waals surface area contributed by atoms with Crippen molar-refractivity contribution in [3.05, 3.63) is 11.1 Å². The summed E-state index contributed by atoms with van der Waals surface area (Å²) >= 11 is 0. The summed E-state index contributed by atoms with van der Waals surface area (Å²) < 4.78 is 4.48. The van der Waals surface area contributed by atoms with Crippen LogP contribution in [0.2, 0.25) is 0 Å². The molecule has 0 saturated carbocycles. The molecule has 0 aromatic heterocycles. The summed E-state index contributed by atoms with van der Waals surface area (Å²) in [5, 5.41) is 27.6. The Balaban J connectivity index is 4.66. The van der Waals surface area contributed by atoms with E-state index in [4.69, 9.17) is 5.11 Å². The Labute approximate surface area is 89.0 Å². The van der Waals surface area contributed by atoms with Gasteiger partial charge in [-0.15, -0.1) is 0 Å². The van der Waals surface area contributed by atoms with E-state index >= 15 is 0 Å². The minimum atomic E-state index is -1.16. The molecule has 0 rings (SSSR count). The molecule has 88 valence electrons. The SMILES string of the molecule is COC(=O)C(C)=C(C)C(O)C(O)CCO. The molecule has 0 aliphatic heterocycles. The highest BCUT2D eigenvalue weighted by molar-refractivity contribution is 5.88. The Hall–Kier alpha value is -0.910. The number of aliphatic hydroxyl groups is 3. The van der Waals surface area contributed by atoms with Crippen LogP contribution < -0.4 is 0 Å². The Morgan fingerprint density at radius 3 is 2.27 bits per heavy atom. The standard InChI is InChI=1S/C10H18O5/c1-6(7(2)10(14)15-3)9(13)8(12)4-5-11/h8-9,11-13H,4-5H2,1-3H3. The largest absolute Gasteiger partial charge is 0.466 e. The van der Waals surface area contributed by atoms with E-state index in [1.54, 1.807) is 0 Å². The monoisotopic (exact) mass is 218 g/mol. The highest BCUT2D eigenvalue weighted by Crippen LogP contribution is 2.14. The predicted octanol–water partition coefficient (Wildman–Crippen LogP) is -0.400. The lowest BCUT2D eigenvalue weighted by molar-refractivity contribution is -0.136. The van der Waals surface area contributed by atoms with Crippen molar-refractivity contribution in [1.29, 1.82) is 0 Å². The summed E-state index contributed by atoms with van der Waals surface area (Å²) in [5.74, 6) is -0.539. The third-order valence-electron chi connectivity index (χ3n) is 2.32. The molecular formula is C10H18O5. The smallest absolute Gasteiger partial charge is 0.333 e. The van der Waals surface area contributed by atoms with E-state index < -0.39 is 18.2 Å². The zero-order valence-corrected chi connectivity index (χ0v) is 9.23. The Bertz CT molecular complexity index is 246. The number of carbonyl (C=O) groups is 1. The Kier molecular flexibility index (Phi) is 6.15.